The minimum Gasteiger partial charge on any atom is -0.480 e. The predicted octanol–water partition coefficient (Wildman–Crippen LogP) is -1.88. The molecule has 1 fully saturated rings. The Labute approximate surface area is 204 Å². The third kappa shape index (κ3) is 12.8. The maximum Gasteiger partial charge on any atom is 0.322 e. The SMILES string of the molecule is O=C(O)CNC(=O)CNC(=O)CCCCCCCCCCC(=O)N[C@H]1C(O)O[C@H](CO)[C@@H](O)[C@@H]1O. The number of aliphatic carboxylic acids is 1. The van der Waals surface area contributed by atoms with Crippen LogP contribution in [0.3, 0.4) is 0 Å². The van der Waals surface area contributed by atoms with E-state index in [1.165, 1.54) is 0 Å². The van der Waals surface area contributed by atoms with Gasteiger partial charge in [0.15, 0.2) is 6.29 Å². The van der Waals surface area contributed by atoms with Gasteiger partial charge < -0.3 is 46.2 Å². The van der Waals surface area contributed by atoms with E-state index in [2.05, 4.69) is 16.0 Å². The second-order valence-electron chi connectivity index (χ2n) is 8.60. The first-order valence-corrected chi connectivity index (χ1v) is 12.0. The van der Waals surface area contributed by atoms with Gasteiger partial charge >= 0.3 is 5.97 Å². The number of carbonyl (C=O) groups excluding carboxylic acids is 3. The van der Waals surface area contributed by atoms with Crippen molar-refractivity contribution >= 4 is 23.7 Å². The number of carboxylic acids is 1. The van der Waals surface area contributed by atoms with Gasteiger partial charge in [0, 0.05) is 12.8 Å². The van der Waals surface area contributed by atoms with Crippen molar-refractivity contribution in [1.29, 1.82) is 0 Å². The van der Waals surface area contributed by atoms with Crippen molar-refractivity contribution < 1.29 is 49.4 Å². The number of carbonyl (C=O) groups is 4. The van der Waals surface area contributed by atoms with Crippen LogP contribution in [-0.4, -0.2) is 99.6 Å². The van der Waals surface area contributed by atoms with Crippen molar-refractivity contribution in [3.8, 4) is 0 Å². The molecule has 3 amide bonds. The van der Waals surface area contributed by atoms with E-state index >= 15 is 0 Å². The zero-order chi connectivity index (χ0) is 26.2. The highest BCUT2D eigenvalue weighted by Crippen LogP contribution is 2.20. The fourth-order valence-electron chi connectivity index (χ4n) is 3.65. The number of hydrogen-bond donors (Lipinski definition) is 8. The standard InChI is InChI=1S/C22H39N3O10/c26-13-14-20(32)21(33)19(22(34)35-14)25-16(28)10-8-6-4-2-1-3-5-7-9-15(27)23-11-17(29)24-12-18(30)31/h14,19-22,26,32-34H,1-13H2,(H,23,27)(H,24,29)(H,25,28)(H,30,31)/t14-,19-,20-,21-,22?/m1/s1. The molecule has 1 aliphatic rings. The molecule has 1 saturated heterocycles. The lowest BCUT2D eigenvalue weighted by Gasteiger charge is -2.40. The molecule has 202 valence electrons. The largest absolute Gasteiger partial charge is 0.480 e. The van der Waals surface area contributed by atoms with Gasteiger partial charge in [-0.25, -0.2) is 0 Å². The lowest BCUT2D eigenvalue weighted by molar-refractivity contribution is -0.253. The van der Waals surface area contributed by atoms with Crippen molar-refractivity contribution in [3.05, 3.63) is 0 Å². The summed E-state index contributed by atoms with van der Waals surface area (Å²) in [6.45, 7) is -1.29. The molecule has 0 aromatic carbocycles. The molecule has 13 heteroatoms. The van der Waals surface area contributed by atoms with Crippen molar-refractivity contribution in [2.45, 2.75) is 94.9 Å². The van der Waals surface area contributed by atoms with Crippen molar-refractivity contribution in [2.75, 3.05) is 19.7 Å². The number of rotatable bonds is 17. The monoisotopic (exact) mass is 505 g/mol. The number of aliphatic hydroxyl groups is 4. The van der Waals surface area contributed by atoms with Crippen LogP contribution in [0.25, 0.3) is 0 Å². The molecule has 8 N–H and O–H groups in total. The minimum absolute atomic E-state index is 0.207. The van der Waals surface area contributed by atoms with Crippen LogP contribution in [0.1, 0.15) is 64.2 Å². The summed E-state index contributed by atoms with van der Waals surface area (Å²) in [7, 11) is 0. The number of hydrogen-bond acceptors (Lipinski definition) is 9. The molecule has 0 aromatic heterocycles. The number of unbranched alkanes of at least 4 members (excludes halogenated alkanes) is 7. The summed E-state index contributed by atoms with van der Waals surface area (Å²) >= 11 is 0. The highest BCUT2D eigenvalue weighted by Gasteiger charge is 2.44. The van der Waals surface area contributed by atoms with E-state index in [1.807, 2.05) is 0 Å². The van der Waals surface area contributed by atoms with Crippen LogP contribution in [0.15, 0.2) is 0 Å². The Morgan fingerprint density at radius 3 is 1.74 bits per heavy atom. The Kier molecular flexibility index (Phi) is 15.1. The zero-order valence-corrected chi connectivity index (χ0v) is 19.9. The second-order valence-corrected chi connectivity index (χ2v) is 8.60. The van der Waals surface area contributed by atoms with Gasteiger partial charge in [0.05, 0.1) is 13.2 Å². The van der Waals surface area contributed by atoms with Gasteiger partial charge in [-0.15, -0.1) is 0 Å². The summed E-state index contributed by atoms with van der Waals surface area (Å²) in [5.41, 5.74) is 0. The molecule has 1 rings (SSSR count). The van der Waals surface area contributed by atoms with E-state index in [9.17, 15) is 34.5 Å². The molecule has 0 aliphatic carbocycles. The molecule has 0 bridgehead atoms. The van der Waals surface area contributed by atoms with Crippen LogP contribution in [0.4, 0.5) is 0 Å². The first-order valence-electron chi connectivity index (χ1n) is 12.0. The fourth-order valence-corrected chi connectivity index (χ4v) is 3.65. The van der Waals surface area contributed by atoms with Gasteiger partial charge in [-0.1, -0.05) is 38.5 Å². The first kappa shape index (κ1) is 30.7. The normalized spacial score (nSPS) is 23.9. The van der Waals surface area contributed by atoms with E-state index in [1.54, 1.807) is 0 Å². The molecule has 0 saturated carbocycles. The summed E-state index contributed by atoms with van der Waals surface area (Å²) in [4.78, 5) is 45.4. The maximum atomic E-state index is 12.1. The average Bonchev–Trinajstić information content (AvgIpc) is 2.82. The number of nitrogens with one attached hydrogen (secondary N) is 3. The third-order valence-corrected chi connectivity index (χ3v) is 5.67. The summed E-state index contributed by atoms with van der Waals surface area (Å²) in [6.07, 6.45) is 1.91. The van der Waals surface area contributed by atoms with Crippen LogP contribution in [0.5, 0.6) is 0 Å². The first-order chi connectivity index (χ1) is 16.6. The Morgan fingerprint density at radius 1 is 0.686 bits per heavy atom. The third-order valence-electron chi connectivity index (χ3n) is 5.67. The Balaban J connectivity index is 2.00. The highest BCUT2D eigenvalue weighted by molar-refractivity contribution is 5.86. The minimum atomic E-state index is -1.52. The van der Waals surface area contributed by atoms with E-state index in [0.717, 1.165) is 38.5 Å². The smallest absolute Gasteiger partial charge is 0.322 e. The quantitative estimate of drug-likeness (QED) is 0.103. The number of amides is 3. The summed E-state index contributed by atoms with van der Waals surface area (Å²) in [5.74, 6) is -2.33. The van der Waals surface area contributed by atoms with Crippen molar-refractivity contribution in [3.63, 3.8) is 0 Å². The molecule has 5 atom stereocenters. The van der Waals surface area contributed by atoms with E-state index in [-0.39, 0.29) is 24.8 Å². The summed E-state index contributed by atoms with van der Waals surface area (Å²) < 4.78 is 5.00. The number of aliphatic hydroxyl groups excluding tert-OH is 4. The molecule has 0 radical (unpaired) electrons. The molecule has 0 aromatic rings. The fraction of sp³-hybridized carbons (Fsp3) is 0.818. The van der Waals surface area contributed by atoms with Crippen LogP contribution in [-0.2, 0) is 23.9 Å². The Hall–Kier alpha value is -2.32. The Morgan fingerprint density at radius 2 is 1.20 bits per heavy atom. The highest BCUT2D eigenvalue weighted by atomic mass is 16.6. The molecular weight excluding hydrogens is 466 g/mol. The molecule has 35 heavy (non-hydrogen) atoms. The Bertz CT molecular complexity index is 678. The van der Waals surface area contributed by atoms with Gasteiger partial charge in [-0.3, -0.25) is 19.2 Å². The van der Waals surface area contributed by atoms with Gasteiger partial charge in [0.2, 0.25) is 17.7 Å². The lowest BCUT2D eigenvalue weighted by atomic mass is 9.97. The molecule has 1 heterocycles. The van der Waals surface area contributed by atoms with E-state index in [0.29, 0.717) is 19.3 Å². The zero-order valence-electron chi connectivity index (χ0n) is 19.9. The molecule has 1 unspecified atom stereocenters. The topological polar surface area (TPSA) is 215 Å². The van der Waals surface area contributed by atoms with Crippen molar-refractivity contribution in [2.24, 2.45) is 0 Å². The second kappa shape index (κ2) is 17.2. The van der Waals surface area contributed by atoms with E-state index in [4.69, 9.17) is 14.9 Å². The number of ether oxygens (including phenoxy) is 1. The van der Waals surface area contributed by atoms with E-state index < -0.39 is 55.7 Å². The number of carboxylic acid groups (broad SMARTS) is 1. The summed E-state index contributed by atoms with van der Waals surface area (Å²) in [5, 5.41) is 54.3. The van der Waals surface area contributed by atoms with Gasteiger partial charge in [-0.2, -0.15) is 0 Å². The molecule has 0 spiro atoms. The lowest BCUT2D eigenvalue weighted by Crippen LogP contribution is -2.64. The van der Waals surface area contributed by atoms with Crippen molar-refractivity contribution in [1.82, 2.24) is 16.0 Å². The summed E-state index contributed by atoms with van der Waals surface area (Å²) in [6, 6.07) is -1.17. The van der Waals surface area contributed by atoms with Gasteiger partial charge in [0.1, 0.15) is 30.9 Å². The predicted molar refractivity (Wildman–Crippen MR) is 122 cm³/mol. The van der Waals surface area contributed by atoms with Crippen LogP contribution >= 0.6 is 0 Å². The molecule has 1 aliphatic heterocycles. The van der Waals surface area contributed by atoms with Gasteiger partial charge in [-0.05, 0) is 12.8 Å². The van der Waals surface area contributed by atoms with Crippen LogP contribution in [0, 0.1) is 0 Å². The molecule has 13 nitrogen and oxygen atoms in total. The maximum absolute atomic E-state index is 12.1. The van der Waals surface area contributed by atoms with Gasteiger partial charge in [0.25, 0.3) is 0 Å². The average molecular weight is 506 g/mol. The van der Waals surface area contributed by atoms with Crippen LogP contribution < -0.4 is 16.0 Å². The molecular formula is C22H39N3O10. The van der Waals surface area contributed by atoms with Crippen LogP contribution in [0.2, 0.25) is 0 Å².